The van der Waals surface area contributed by atoms with Crippen LogP contribution in [0.15, 0.2) is 0 Å². The van der Waals surface area contributed by atoms with E-state index >= 15 is 0 Å². The molecule has 2 aliphatic carbocycles. The van der Waals surface area contributed by atoms with Crippen LogP contribution in [0.25, 0.3) is 0 Å². The second kappa shape index (κ2) is 1.73. The molecular weight excluding hydrogens is 154 g/mol. The molecule has 0 unspecified atom stereocenters. The molecule has 3 atom stereocenters. The standard InChI is InChI=1S/C9H11NO2/c11-4-7-8-6(3-10(7)5-12)9(8)1-2-9/h4-8H,1-3H2/t6-,7+,8-/m0/s1. The van der Waals surface area contributed by atoms with Crippen molar-refractivity contribution < 1.29 is 9.59 Å². The van der Waals surface area contributed by atoms with E-state index in [4.69, 9.17) is 0 Å². The van der Waals surface area contributed by atoms with Crippen molar-refractivity contribution in [2.45, 2.75) is 18.9 Å². The number of nitrogens with zero attached hydrogens (tertiary/aromatic N) is 1. The first kappa shape index (κ1) is 6.63. The molecule has 3 fully saturated rings. The summed E-state index contributed by atoms with van der Waals surface area (Å²) in [6.45, 7) is 0.831. The quantitative estimate of drug-likeness (QED) is 0.542. The van der Waals surface area contributed by atoms with Gasteiger partial charge < -0.3 is 9.69 Å². The van der Waals surface area contributed by atoms with Crippen molar-refractivity contribution in [1.82, 2.24) is 4.90 Å². The van der Waals surface area contributed by atoms with Crippen LogP contribution in [-0.2, 0) is 9.59 Å². The normalized spacial score (nSPS) is 45.7. The molecule has 1 spiro atoms. The third-order valence-electron chi connectivity index (χ3n) is 3.99. The zero-order valence-electron chi connectivity index (χ0n) is 6.77. The lowest BCUT2D eigenvalue weighted by atomic mass is 10.1. The first-order valence-electron chi connectivity index (χ1n) is 4.50. The number of likely N-dealkylation sites (tertiary alicyclic amines) is 1. The Bertz CT molecular complexity index is 259. The van der Waals surface area contributed by atoms with Gasteiger partial charge in [-0.15, -0.1) is 0 Å². The van der Waals surface area contributed by atoms with Gasteiger partial charge in [0.1, 0.15) is 6.29 Å². The average Bonchev–Trinajstić information content (AvgIpc) is 2.95. The molecule has 1 aliphatic heterocycles. The van der Waals surface area contributed by atoms with Gasteiger partial charge in [0.05, 0.1) is 6.04 Å². The molecular formula is C9H11NO2. The fraction of sp³-hybridized carbons (Fsp3) is 0.778. The van der Waals surface area contributed by atoms with Crippen LogP contribution >= 0.6 is 0 Å². The van der Waals surface area contributed by atoms with Gasteiger partial charge in [0, 0.05) is 6.54 Å². The number of rotatable bonds is 2. The van der Waals surface area contributed by atoms with Crippen LogP contribution in [0.5, 0.6) is 0 Å². The minimum Gasteiger partial charge on any atom is -0.335 e. The fourth-order valence-electron chi connectivity index (χ4n) is 3.17. The summed E-state index contributed by atoms with van der Waals surface area (Å²) in [6.07, 6.45) is 4.35. The van der Waals surface area contributed by atoms with E-state index < -0.39 is 0 Å². The van der Waals surface area contributed by atoms with Crippen molar-refractivity contribution >= 4 is 12.7 Å². The third-order valence-corrected chi connectivity index (χ3v) is 3.99. The molecule has 0 N–H and O–H groups in total. The van der Waals surface area contributed by atoms with Crippen molar-refractivity contribution in [2.24, 2.45) is 17.3 Å². The van der Waals surface area contributed by atoms with E-state index in [1.165, 1.54) is 12.8 Å². The molecule has 3 heteroatoms. The van der Waals surface area contributed by atoms with Crippen LogP contribution < -0.4 is 0 Å². The molecule has 0 bridgehead atoms. The number of hydrogen-bond acceptors (Lipinski definition) is 2. The Labute approximate surface area is 70.7 Å². The Morgan fingerprint density at radius 1 is 1.33 bits per heavy atom. The molecule has 64 valence electrons. The fourth-order valence-corrected chi connectivity index (χ4v) is 3.17. The summed E-state index contributed by atoms with van der Waals surface area (Å²) in [7, 11) is 0. The Morgan fingerprint density at radius 3 is 2.58 bits per heavy atom. The van der Waals surface area contributed by atoms with Gasteiger partial charge in [-0.05, 0) is 30.1 Å². The van der Waals surface area contributed by atoms with E-state index in [0.29, 0.717) is 17.3 Å². The van der Waals surface area contributed by atoms with E-state index in [9.17, 15) is 9.59 Å². The SMILES string of the molecule is O=C[C@@H]1[C@@H]2[C@H](CN1C=O)C21CC1. The second-order valence-electron chi connectivity index (χ2n) is 4.29. The van der Waals surface area contributed by atoms with Crippen molar-refractivity contribution in [2.75, 3.05) is 6.54 Å². The molecule has 3 nitrogen and oxygen atoms in total. The van der Waals surface area contributed by atoms with E-state index in [-0.39, 0.29) is 6.04 Å². The third kappa shape index (κ3) is 0.520. The lowest BCUT2D eigenvalue weighted by Gasteiger charge is -2.19. The second-order valence-corrected chi connectivity index (χ2v) is 4.29. The molecule has 3 rings (SSSR count). The van der Waals surface area contributed by atoms with E-state index in [1.54, 1.807) is 4.90 Å². The highest BCUT2D eigenvalue weighted by atomic mass is 16.1. The minimum atomic E-state index is -0.0880. The molecule has 0 aromatic rings. The molecule has 12 heavy (non-hydrogen) atoms. The van der Waals surface area contributed by atoms with Crippen LogP contribution in [0.2, 0.25) is 0 Å². The maximum absolute atomic E-state index is 10.7. The Balaban J connectivity index is 1.86. The highest BCUT2D eigenvalue weighted by Gasteiger charge is 2.77. The highest BCUT2D eigenvalue weighted by Crippen LogP contribution is 2.78. The Hall–Kier alpha value is -0.860. The van der Waals surface area contributed by atoms with Gasteiger partial charge in [-0.25, -0.2) is 0 Å². The van der Waals surface area contributed by atoms with Gasteiger partial charge in [-0.1, -0.05) is 0 Å². The van der Waals surface area contributed by atoms with Gasteiger partial charge in [0.2, 0.25) is 6.41 Å². The predicted octanol–water partition coefficient (Wildman–Crippen LogP) is 0.0521. The number of piperidine rings is 1. The number of amides is 1. The predicted molar refractivity (Wildman–Crippen MR) is 41.3 cm³/mol. The Kier molecular flexibility index (Phi) is 0.955. The maximum atomic E-state index is 10.7. The minimum absolute atomic E-state index is 0.0880. The summed E-state index contributed by atoms with van der Waals surface area (Å²) in [5, 5.41) is 0. The summed E-state index contributed by atoms with van der Waals surface area (Å²) in [4.78, 5) is 22.9. The molecule has 2 saturated carbocycles. The number of hydrogen-bond donors (Lipinski definition) is 0. The van der Waals surface area contributed by atoms with Gasteiger partial charge in [0.15, 0.2) is 0 Å². The summed E-state index contributed by atoms with van der Waals surface area (Å²) in [5.41, 5.74) is 0.533. The van der Waals surface area contributed by atoms with Crippen LogP contribution in [0.3, 0.4) is 0 Å². The summed E-state index contributed by atoms with van der Waals surface area (Å²) in [6, 6.07) is -0.0880. The zero-order chi connectivity index (χ0) is 8.34. The molecule has 0 aromatic carbocycles. The van der Waals surface area contributed by atoms with Crippen LogP contribution in [-0.4, -0.2) is 30.2 Å². The molecule has 3 aliphatic rings. The molecule has 1 saturated heterocycles. The number of aldehydes is 1. The first-order chi connectivity index (χ1) is 5.83. The van der Waals surface area contributed by atoms with Crippen LogP contribution in [0.1, 0.15) is 12.8 Å². The van der Waals surface area contributed by atoms with Gasteiger partial charge in [0.25, 0.3) is 0 Å². The zero-order valence-corrected chi connectivity index (χ0v) is 6.77. The van der Waals surface area contributed by atoms with Crippen molar-refractivity contribution in [3.05, 3.63) is 0 Å². The molecule has 1 heterocycles. The number of carbonyl (C=O) groups is 2. The molecule has 1 amide bonds. The smallest absolute Gasteiger partial charge is 0.210 e. The summed E-state index contributed by atoms with van der Waals surface area (Å²) >= 11 is 0. The van der Waals surface area contributed by atoms with Crippen LogP contribution in [0, 0.1) is 17.3 Å². The van der Waals surface area contributed by atoms with Crippen molar-refractivity contribution in [1.29, 1.82) is 0 Å². The van der Waals surface area contributed by atoms with E-state index in [1.807, 2.05) is 0 Å². The van der Waals surface area contributed by atoms with Gasteiger partial charge in [-0.2, -0.15) is 0 Å². The Morgan fingerprint density at radius 2 is 2.08 bits per heavy atom. The average molecular weight is 165 g/mol. The summed E-state index contributed by atoms with van der Waals surface area (Å²) in [5.74, 6) is 1.19. The molecule has 0 aromatic heterocycles. The lowest BCUT2D eigenvalue weighted by molar-refractivity contribution is -0.125. The van der Waals surface area contributed by atoms with Crippen LogP contribution in [0.4, 0.5) is 0 Å². The largest absolute Gasteiger partial charge is 0.335 e. The highest BCUT2D eigenvalue weighted by molar-refractivity contribution is 5.68. The first-order valence-corrected chi connectivity index (χ1v) is 4.50. The number of carbonyl (C=O) groups excluding carboxylic acids is 2. The maximum Gasteiger partial charge on any atom is 0.210 e. The van der Waals surface area contributed by atoms with E-state index in [2.05, 4.69) is 0 Å². The van der Waals surface area contributed by atoms with E-state index in [0.717, 1.165) is 19.2 Å². The van der Waals surface area contributed by atoms with Gasteiger partial charge >= 0.3 is 0 Å². The van der Waals surface area contributed by atoms with Crippen molar-refractivity contribution in [3.63, 3.8) is 0 Å². The monoisotopic (exact) mass is 165 g/mol. The summed E-state index contributed by atoms with van der Waals surface area (Å²) < 4.78 is 0. The lowest BCUT2D eigenvalue weighted by Crippen LogP contribution is -2.34. The molecule has 0 radical (unpaired) electrons. The topological polar surface area (TPSA) is 37.4 Å². The van der Waals surface area contributed by atoms with Gasteiger partial charge in [-0.3, -0.25) is 4.79 Å². The number of fused-ring (bicyclic) bond motifs is 3. The van der Waals surface area contributed by atoms with Crippen molar-refractivity contribution in [3.8, 4) is 0 Å².